The number of hydrogen-bond acceptors (Lipinski definition) is 5. The van der Waals surface area contributed by atoms with E-state index in [9.17, 15) is 19.7 Å². The topological polar surface area (TPSA) is 122 Å². The number of amides is 1. The third kappa shape index (κ3) is 3.68. The normalized spacial score (nSPS) is 15.1. The average molecular weight is 293 g/mol. The smallest absolute Gasteiger partial charge is 0.325 e. The summed E-state index contributed by atoms with van der Waals surface area (Å²) >= 11 is 0. The molecule has 1 aromatic rings. The average Bonchev–Trinajstić information content (AvgIpc) is 3.22. The summed E-state index contributed by atoms with van der Waals surface area (Å²) in [5.41, 5.74) is 0.221. The van der Waals surface area contributed by atoms with Gasteiger partial charge >= 0.3 is 5.97 Å². The van der Waals surface area contributed by atoms with Gasteiger partial charge in [0.2, 0.25) is 0 Å². The summed E-state index contributed by atoms with van der Waals surface area (Å²) < 4.78 is 0. The van der Waals surface area contributed by atoms with Crippen LogP contribution in [0.1, 0.15) is 30.1 Å². The molecular weight excluding hydrogens is 278 g/mol. The maximum Gasteiger partial charge on any atom is 0.325 e. The number of benzene rings is 1. The van der Waals surface area contributed by atoms with Gasteiger partial charge < -0.3 is 15.7 Å². The number of rotatable bonds is 6. The van der Waals surface area contributed by atoms with Gasteiger partial charge in [0.25, 0.3) is 11.6 Å². The molecular formula is C13H15N3O5. The van der Waals surface area contributed by atoms with Crippen molar-refractivity contribution >= 4 is 23.3 Å². The summed E-state index contributed by atoms with van der Waals surface area (Å²) in [7, 11) is 0. The maximum atomic E-state index is 11.9. The molecule has 112 valence electrons. The molecule has 0 radical (unpaired) electrons. The molecule has 0 bridgehead atoms. The van der Waals surface area contributed by atoms with E-state index in [1.165, 1.54) is 19.1 Å². The van der Waals surface area contributed by atoms with Crippen LogP contribution in [0.2, 0.25) is 0 Å². The van der Waals surface area contributed by atoms with Crippen LogP contribution >= 0.6 is 0 Å². The Morgan fingerprint density at radius 2 is 2.10 bits per heavy atom. The molecule has 0 heterocycles. The summed E-state index contributed by atoms with van der Waals surface area (Å²) in [6.07, 6.45) is 1.94. The number of nitrogens with one attached hydrogen (secondary N) is 2. The van der Waals surface area contributed by atoms with Crippen LogP contribution < -0.4 is 10.6 Å². The lowest BCUT2D eigenvalue weighted by molar-refractivity contribution is -0.384. The van der Waals surface area contributed by atoms with Crippen molar-refractivity contribution in [3.63, 3.8) is 0 Å². The van der Waals surface area contributed by atoms with Crippen molar-refractivity contribution in [1.82, 2.24) is 5.32 Å². The molecule has 1 amide bonds. The first-order valence-electron chi connectivity index (χ1n) is 6.47. The standard InChI is InChI=1S/C13H15N3O5/c1-7(13(18)19)14-12(17)8-2-5-10(15-9-3-4-9)11(6-8)16(20)21/h2,5-7,9,15H,3-4H2,1H3,(H,14,17)(H,18,19). The van der Waals surface area contributed by atoms with Crippen molar-refractivity contribution in [2.75, 3.05) is 5.32 Å². The Morgan fingerprint density at radius 3 is 2.62 bits per heavy atom. The van der Waals surface area contributed by atoms with E-state index in [1.54, 1.807) is 0 Å². The first-order valence-corrected chi connectivity index (χ1v) is 6.47. The van der Waals surface area contributed by atoms with Crippen LogP contribution in [0.25, 0.3) is 0 Å². The lowest BCUT2D eigenvalue weighted by Gasteiger charge is -2.10. The molecule has 1 aliphatic rings. The molecule has 8 heteroatoms. The molecule has 1 aromatic carbocycles. The second-order valence-electron chi connectivity index (χ2n) is 4.94. The largest absolute Gasteiger partial charge is 0.480 e. The van der Waals surface area contributed by atoms with Gasteiger partial charge in [-0.2, -0.15) is 0 Å². The highest BCUT2D eigenvalue weighted by atomic mass is 16.6. The number of carboxylic acids is 1. The van der Waals surface area contributed by atoms with Gasteiger partial charge in [0.05, 0.1) is 4.92 Å². The number of nitrogens with zero attached hydrogens (tertiary/aromatic N) is 1. The van der Waals surface area contributed by atoms with E-state index in [2.05, 4.69) is 10.6 Å². The van der Waals surface area contributed by atoms with Crippen LogP contribution in [0.3, 0.4) is 0 Å². The van der Waals surface area contributed by atoms with Crippen LogP contribution in [0.15, 0.2) is 18.2 Å². The lowest BCUT2D eigenvalue weighted by atomic mass is 10.1. The van der Waals surface area contributed by atoms with Gasteiger partial charge in [-0.15, -0.1) is 0 Å². The molecule has 1 fully saturated rings. The molecule has 0 saturated heterocycles. The van der Waals surface area contributed by atoms with Crippen LogP contribution in [0.5, 0.6) is 0 Å². The monoisotopic (exact) mass is 293 g/mol. The Kier molecular flexibility index (Phi) is 4.06. The van der Waals surface area contributed by atoms with Crippen molar-refractivity contribution in [2.24, 2.45) is 0 Å². The number of anilines is 1. The molecule has 1 aliphatic carbocycles. The number of carbonyl (C=O) groups excluding carboxylic acids is 1. The molecule has 3 N–H and O–H groups in total. The van der Waals surface area contributed by atoms with Crippen molar-refractivity contribution in [3.05, 3.63) is 33.9 Å². The molecule has 1 unspecified atom stereocenters. The molecule has 21 heavy (non-hydrogen) atoms. The second kappa shape index (κ2) is 5.78. The van der Waals surface area contributed by atoms with Gasteiger partial charge in [0, 0.05) is 17.7 Å². The number of nitro benzene ring substituents is 1. The Morgan fingerprint density at radius 1 is 1.43 bits per heavy atom. The van der Waals surface area contributed by atoms with Gasteiger partial charge in [-0.3, -0.25) is 19.7 Å². The maximum absolute atomic E-state index is 11.9. The number of hydrogen-bond donors (Lipinski definition) is 3. The first kappa shape index (κ1) is 14.8. The molecule has 8 nitrogen and oxygen atoms in total. The summed E-state index contributed by atoms with van der Waals surface area (Å²) in [6.45, 7) is 1.32. The second-order valence-corrected chi connectivity index (χ2v) is 4.94. The highest BCUT2D eigenvalue weighted by molar-refractivity contribution is 5.97. The molecule has 0 spiro atoms. The lowest BCUT2D eigenvalue weighted by Crippen LogP contribution is -2.38. The highest BCUT2D eigenvalue weighted by Gasteiger charge is 2.26. The van der Waals surface area contributed by atoms with Crippen LogP contribution in [-0.4, -0.2) is 34.0 Å². The first-order chi connectivity index (χ1) is 9.88. The van der Waals surface area contributed by atoms with E-state index in [4.69, 9.17) is 5.11 Å². The van der Waals surface area contributed by atoms with Crippen LogP contribution in [0.4, 0.5) is 11.4 Å². The van der Waals surface area contributed by atoms with Gasteiger partial charge in [-0.1, -0.05) is 0 Å². The molecule has 0 aromatic heterocycles. The summed E-state index contributed by atoms with van der Waals surface area (Å²) in [5.74, 6) is -1.84. The third-order valence-electron chi connectivity index (χ3n) is 3.11. The summed E-state index contributed by atoms with van der Waals surface area (Å²) in [5, 5.41) is 25.1. The minimum Gasteiger partial charge on any atom is -0.480 e. The van der Waals surface area contributed by atoms with E-state index in [-0.39, 0.29) is 17.3 Å². The molecule has 2 rings (SSSR count). The summed E-state index contributed by atoms with van der Waals surface area (Å²) in [4.78, 5) is 33.1. The number of aliphatic carboxylic acids is 1. The zero-order valence-electron chi connectivity index (χ0n) is 11.3. The van der Waals surface area contributed by atoms with Crippen molar-refractivity contribution in [1.29, 1.82) is 0 Å². The minimum absolute atomic E-state index is 0.0520. The Balaban J connectivity index is 2.20. The third-order valence-corrected chi connectivity index (χ3v) is 3.11. The van der Waals surface area contributed by atoms with E-state index in [1.807, 2.05) is 0 Å². The zero-order valence-corrected chi connectivity index (χ0v) is 11.3. The predicted octanol–water partition coefficient (Wildman–Crippen LogP) is 1.37. The SMILES string of the molecule is CC(NC(=O)c1ccc(NC2CC2)c([N+](=O)[O-])c1)C(=O)O. The predicted molar refractivity (Wildman–Crippen MR) is 74.3 cm³/mol. The van der Waals surface area contributed by atoms with Gasteiger partial charge in [0.1, 0.15) is 11.7 Å². The van der Waals surface area contributed by atoms with Crippen LogP contribution in [0, 0.1) is 10.1 Å². The molecule has 1 saturated carbocycles. The number of nitro groups is 1. The van der Waals surface area contributed by atoms with Crippen molar-refractivity contribution in [2.45, 2.75) is 31.8 Å². The number of carbonyl (C=O) groups is 2. The van der Waals surface area contributed by atoms with Crippen molar-refractivity contribution in [3.8, 4) is 0 Å². The zero-order chi connectivity index (χ0) is 15.6. The highest BCUT2D eigenvalue weighted by Crippen LogP contribution is 2.31. The summed E-state index contributed by atoms with van der Waals surface area (Å²) in [6, 6.07) is 3.23. The molecule has 0 aliphatic heterocycles. The fourth-order valence-corrected chi connectivity index (χ4v) is 1.74. The number of carboxylic acid groups (broad SMARTS) is 1. The quantitative estimate of drug-likeness (QED) is 0.538. The van der Waals surface area contributed by atoms with Crippen molar-refractivity contribution < 1.29 is 19.6 Å². The minimum atomic E-state index is -1.18. The Bertz CT molecular complexity index is 597. The van der Waals surface area contributed by atoms with E-state index < -0.39 is 22.8 Å². The Hall–Kier alpha value is -2.64. The van der Waals surface area contributed by atoms with Crippen LogP contribution in [-0.2, 0) is 4.79 Å². The molecule has 1 atom stereocenters. The van der Waals surface area contributed by atoms with E-state index >= 15 is 0 Å². The van der Waals surface area contributed by atoms with E-state index in [0.29, 0.717) is 5.69 Å². The van der Waals surface area contributed by atoms with Gasteiger partial charge in [0.15, 0.2) is 0 Å². The van der Waals surface area contributed by atoms with E-state index in [0.717, 1.165) is 18.9 Å². The Labute approximate surface area is 120 Å². The fourth-order valence-electron chi connectivity index (χ4n) is 1.74. The van der Waals surface area contributed by atoms with Gasteiger partial charge in [-0.05, 0) is 31.9 Å². The van der Waals surface area contributed by atoms with Gasteiger partial charge in [-0.25, -0.2) is 0 Å². The fraction of sp³-hybridized carbons (Fsp3) is 0.385.